The summed E-state index contributed by atoms with van der Waals surface area (Å²) < 4.78 is 22.5. The number of nitrogens with zero attached hydrogens (tertiary/aromatic N) is 1. The molecule has 9 heteroatoms. The van der Waals surface area contributed by atoms with Crippen molar-refractivity contribution in [3.63, 3.8) is 0 Å². The highest BCUT2D eigenvalue weighted by atomic mass is 16.5. The number of alkyl carbamates (subject to hydrolysis) is 1. The second-order valence-corrected chi connectivity index (χ2v) is 6.81. The number of amides is 1. The summed E-state index contributed by atoms with van der Waals surface area (Å²) in [6.45, 7) is 2.37. The van der Waals surface area contributed by atoms with Gasteiger partial charge in [0.1, 0.15) is 12.2 Å². The normalized spacial score (nSPS) is 18.0. The van der Waals surface area contributed by atoms with Crippen LogP contribution in [0.2, 0.25) is 0 Å². The van der Waals surface area contributed by atoms with Gasteiger partial charge in [0, 0.05) is 6.20 Å². The molecule has 1 aromatic heterocycles. The van der Waals surface area contributed by atoms with Gasteiger partial charge in [-0.1, -0.05) is 30.3 Å². The predicted octanol–water partition coefficient (Wildman–Crippen LogP) is 1.82. The van der Waals surface area contributed by atoms with Crippen LogP contribution in [-0.4, -0.2) is 50.1 Å². The Kier molecular flexibility index (Phi) is 6.73. The number of methoxy groups -OCH3 is 2. The van der Waals surface area contributed by atoms with Crippen molar-refractivity contribution in [2.24, 2.45) is 0 Å². The number of ether oxygens (including phenoxy) is 4. The monoisotopic (exact) mass is 416 g/mol. The van der Waals surface area contributed by atoms with E-state index < -0.39 is 23.5 Å². The number of carbonyl (C=O) groups excluding carboxylic acids is 2. The van der Waals surface area contributed by atoms with Crippen molar-refractivity contribution in [3.8, 4) is 5.75 Å². The molecule has 1 aliphatic rings. The minimum absolute atomic E-state index is 0.0372. The molecule has 1 fully saturated rings. The molecular weight excluding hydrogens is 392 g/mol. The van der Waals surface area contributed by atoms with Crippen LogP contribution in [-0.2, 0) is 20.8 Å². The summed E-state index contributed by atoms with van der Waals surface area (Å²) in [6.07, 6.45) is 0.827. The first kappa shape index (κ1) is 21.4. The van der Waals surface area contributed by atoms with E-state index in [4.69, 9.17) is 18.9 Å². The van der Waals surface area contributed by atoms with Gasteiger partial charge in [-0.25, -0.2) is 9.59 Å². The Morgan fingerprint density at radius 1 is 1.20 bits per heavy atom. The molecule has 1 aromatic carbocycles. The number of benzene rings is 1. The minimum atomic E-state index is -0.766. The molecule has 3 rings (SSSR count). The van der Waals surface area contributed by atoms with E-state index in [2.05, 4.69) is 5.32 Å². The van der Waals surface area contributed by atoms with Crippen molar-refractivity contribution in [1.29, 1.82) is 0 Å². The van der Waals surface area contributed by atoms with Crippen LogP contribution in [0.1, 0.15) is 27.7 Å². The van der Waals surface area contributed by atoms with Gasteiger partial charge >= 0.3 is 12.1 Å². The SMILES string of the molecule is COC(=O)c1cn([C@H]2COC[C@H]2NC(=O)OCc2ccccc2)c(C)c(OC)c1=O. The average Bonchev–Trinajstić information content (AvgIpc) is 3.20. The lowest BCUT2D eigenvalue weighted by molar-refractivity contribution is 0.0597. The molecule has 0 radical (unpaired) electrons. The Balaban J connectivity index is 1.80. The van der Waals surface area contributed by atoms with Gasteiger partial charge in [-0.15, -0.1) is 0 Å². The molecule has 1 N–H and O–H groups in total. The summed E-state index contributed by atoms with van der Waals surface area (Å²) in [5, 5.41) is 2.80. The van der Waals surface area contributed by atoms with E-state index in [0.29, 0.717) is 5.69 Å². The Hall–Kier alpha value is -3.33. The van der Waals surface area contributed by atoms with Crippen LogP contribution in [0.15, 0.2) is 41.3 Å². The number of pyridine rings is 1. The molecular formula is C21H24N2O7. The van der Waals surface area contributed by atoms with Gasteiger partial charge in [0.25, 0.3) is 0 Å². The van der Waals surface area contributed by atoms with Gasteiger partial charge in [-0.05, 0) is 12.5 Å². The van der Waals surface area contributed by atoms with Gasteiger partial charge in [0.05, 0.1) is 45.2 Å². The standard InChI is InChI=1S/C21H24N2O7/c1-13-19(27-2)18(24)15(20(25)28-3)9-23(13)17-12-29-11-16(17)22-21(26)30-10-14-7-5-4-6-8-14/h4-9,16-17H,10-12H2,1-3H3,(H,22,26)/t16-,17+/m1/s1. The van der Waals surface area contributed by atoms with E-state index in [-0.39, 0.29) is 37.2 Å². The molecule has 0 spiro atoms. The topological polar surface area (TPSA) is 105 Å². The number of nitrogens with one attached hydrogen (secondary N) is 1. The molecule has 0 bridgehead atoms. The molecule has 0 saturated carbocycles. The van der Waals surface area contributed by atoms with Crippen molar-refractivity contribution in [2.75, 3.05) is 27.4 Å². The van der Waals surface area contributed by atoms with Gasteiger partial charge < -0.3 is 28.8 Å². The smallest absolute Gasteiger partial charge is 0.407 e. The van der Waals surface area contributed by atoms with Crippen LogP contribution in [0.25, 0.3) is 0 Å². The molecule has 1 amide bonds. The first-order valence-corrected chi connectivity index (χ1v) is 9.39. The summed E-state index contributed by atoms with van der Waals surface area (Å²) in [7, 11) is 2.56. The van der Waals surface area contributed by atoms with E-state index in [1.807, 2.05) is 30.3 Å². The number of hydrogen-bond acceptors (Lipinski definition) is 7. The highest BCUT2D eigenvalue weighted by Gasteiger charge is 2.33. The third-order valence-electron chi connectivity index (χ3n) is 4.97. The lowest BCUT2D eigenvalue weighted by Gasteiger charge is -2.25. The molecule has 2 heterocycles. The Bertz CT molecular complexity index is 971. The average molecular weight is 416 g/mol. The molecule has 1 aliphatic heterocycles. The minimum Gasteiger partial charge on any atom is -0.491 e. The molecule has 30 heavy (non-hydrogen) atoms. The van der Waals surface area contributed by atoms with Crippen LogP contribution in [0, 0.1) is 6.92 Å². The molecule has 9 nitrogen and oxygen atoms in total. The molecule has 2 atom stereocenters. The van der Waals surface area contributed by atoms with Crippen LogP contribution in [0.3, 0.4) is 0 Å². The summed E-state index contributed by atoms with van der Waals surface area (Å²) in [4.78, 5) is 36.8. The first-order chi connectivity index (χ1) is 14.5. The van der Waals surface area contributed by atoms with Crippen molar-refractivity contribution in [2.45, 2.75) is 25.6 Å². The number of esters is 1. The van der Waals surface area contributed by atoms with Crippen LogP contribution < -0.4 is 15.5 Å². The van der Waals surface area contributed by atoms with Crippen molar-refractivity contribution >= 4 is 12.1 Å². The maximum absolute atomic E-state index is 12.5. The van der Waals surface area contributed by atoms with Gasteiger partial charge in [0.2, 0.25) is 5.43 Å². The summed E-state index contributed by atoms with van der Waals surface area (Å²) in [5.41, 5.74) is 0.673. The van der Waals surface area contributed by atoms with Crippen LogP contribution in [0.4, 0.5) is 4.79 Å². The lowest BCUT2D eigenvalue weighted by atomic mass is 10.1. The predicted molar refractivity (Wildman–Crippen MR) is 107 cm³/mol. The van der Waals surface area contributed by atoms with E-state index in [1.54, 1.807) is 11.5 Å². The summed E-state index contributed by atoms with van der Waals surface area (Å²) >= 11 is 0. The Morgan fingerprint density at radius 2 is 1.93 bits per heavy atom. The third kappa shape index (κ3) is 4.46. The Labute approximate surface area is 173 Å². The van der Waals surface area contributed by atoms with Gasteiger partial charge in [-0.3, -0.25) is 4.79 Å². The molecule has 2 aromatic rings. The maximum Gasteiger partial charge on any atom is 0.407 e. The van der Waals surface area contributed by atoms with E-state index in [9.17, 15) is 14.4 Å². The highest BCUT2D eigenvalue weighted by Crippen LogP contribution is 2.25. The molecule has 160 valence electrons. The van der Waals surface area contributed by atoms with Crippen molar-refractivity contribution in [3.05, 3.63) is 63.6 Å². The number of rotatable bonds is 6. The lowest BCUT2D eigenvalue weighted by Crippen LogP contribution is -2.42. The zero-order valence-corrected chi connectivity index (χ0v) is 17.0. The second-order valence-electron chi connectivity index (χ2n) is 6.81. The van der Waals surface area contributed by atoms with E-state index in [0.717, 1.165) is 5.56 Å². The Morgan fingerprint density at radius 3 is 2.60 bits per heavy atom. The van der Waals surface area contributed by atoms with Crippen molar-refractivity contribution in [1.82, 2.24) is 9.88 Å². The fourth-order valence-corrected chi connectivity index (χ4v) is 3.41. The largest absolute Gasteiger partial charge is 0.491 e. The van der Waals surface area contributed by atoms with Crippen LogP contribution in [0.5, 0.6) is 5.75 Å². The fraction of sp³-hybridized carbons (Fsp3) is 0.381. The zero-order chi connectivity index (χ0) is 21.7. The van der Waals surface area contributed by atoms with Crippen molar-refractivity contribution < 1.29 is 28.5 Å². The summed E-state index contributed by atoms with van der Waals surface area (Å²) in [5.74, 6) is -0.729. The second kappa shape index (κ2) is 9.45. The zero-order valence-electron chi connectivity index (χ0n) is 17.0. The quantitative estimate of drug-likeness (QED) is 0.716. The van der Waals surface area contributed by atoms with E-state index >= 15 is 0 Å². The number of carbonyl (C=O) groups is 2. The van der Waals surface area contributed by atoms with E-state index in [1.165, 1.54) is 20.4 Å². The highest BCUT2D eigenvalue weighted by molar-refractivity contribution is 5.89. The fourth-order valence-electron chi connectivity index (χ4n) is 3.41. The molecule has 0 unspecified atom stereocenters. The molecule has 0 aliphatic carbocycles. The van der Waals surface area contributed by atoms with Crippen LogP contribution >= 0.6 is 0 Å². The maximum atomic E-state index is 12.5. The number of aromatic nitrogens is 1. The first-order valence-electron chi connectivity index (χ1n) is 9.39. The summed E-state index contributed by atoms with van der Waals surface area (Å²) in [6, 6.07) is 8.54. The van der Waals surface area contributed by atoms with Gasteiger partial charge in [-0.2, -0.15) is 0 Å². The third-order valence-corrected chi connectivity index (χ3v) is 4.97. The van der Waals surface area contributed by atoms with Gasteiger partial charge in [0.15, 0.2) is 5.75 Å². The number of hydrogen-bond donors (Lipinski definition) is 1. The molecule has 1 saturated heterocycles.